The standard InChI is InChI=1S/C19H29NO3.K/c1-18-9-7-13-11(12(18)4-5-14(18)17(22)23)3-6-15-19(13,2)10-8-16(21)20-15;/h11-15H,3-10H2,1-2H3,(H,20,21)(H,22,23);/q;+1/p-1. The molecule has 0 aromatic rings. The summed E-state index contributed by atoms with van der Waals surface area (Å²) < 4.78 is 0. The molecule has 0 aromatic carbocycles. The number of carboxylic acid groups (broad SMARTS) is 1. The van der Waals surface area contributed by atoms with Crippen LogP contribution in [0.1, 0.15) is 65.2 Å². The van der Waals surface area contributed by atoms with Crippen molar-refractivity contribution in [1.29, 1.82) is 0 Å². The number of piperidine rings is 1. The summed E-state index contributed by atoms with van der Waals surface area (Å²) in [5, 5.41) is 14.8. The van der Waals surface area contributed by atoms with Gasteiger partial charge in [-0.05, 0) is 73.5 Å². The third-order valence-corrected chi connectivity index (χ3v) is 8.38. The smallest absolute Gasteiger partial charge is 0.550 e. The molecule has 0 spiro atoms. The van der Waals surface area contributed by atoms with E-state index in [2.05, 4.69) is 19.2 Å². The molecule has 24 heavy (non-hydrogen) atoms. The van der Waals surface area contributed by atoms with E-state index in [1.54, 1.807) is 0 Å². The molecule has 0 bridgehead atoms. The fourth-order valence-corrected chi connectivity index (χ4v) is 7.09. The summed E-state index contributed by atoms with van der Waals surface area (Å²) >= 11 is 0. The Morgan fingerprint density at radius 1 is 1.04 bits per heavy atom. The summed E-state index contributed by atoms with van der Waals surface area (Å²) in [6, 6.07) is 0.327. The number of aliphatic carboxylic acids is 1. The molecule has 0 radical (unpaired) electrons. The third-order valence-electron chi connectivity index (χ3n) is 8.38. The van der Waals surface area contributed by atoms with E-state index in [1.165, 1.54) is 0 Å². The Morgan fingerprint density at radius 2 is 1.75 bits per heavy atom. The third kappa shape index (κ3) is 2.68. The van der Waals surface area contributed by atoms with Gasteiger partial charge in [-0.3, -0.25) is 4.79 Å². The number of amides is 1. The van der Waals surface area contributed by atoms with Crippen LogP contribution in [0.25, 0.3) is 0 Å². The molecular weight excluding hydrogens is 329 g/mol. The van der Waals surface area contributed by atoms with E-state index in [9.17, 15) is 14.7 Å². The monoisotopic (exact) mass is 357 g/mol. The SMILES string of the molecule is CC12CCC(=O)NC1CCC1C2CCC2(C)C(C(=O)[O-])CCC12.[K+]. The van der Waals surface area contributed by atoms with Crippen molar-refractivity contribution in [3.05, 3.63) is 0 Å². The van der Waals surface area contributed by atoms with Crippen LogP contribution < -0.4 is 61.8 Å². The van der Waals surface area contributed by atoms with E-state index >= 15 is 0 Å². The summed E-state index contributed by atoms with van der Waals surface area (Å²) in [6.45, 7) is 4.58. The van der Waals surface area contributed by atoms with Gasteiger partial charge in [0.1, 0.15) is 0 Å². The molecule has 4 nitrogen and oxygen atoms in total. The van der Waals surface area contributed by atoms with E-state index in [0.717, 1.165) is 44.9 Å². The van der Waals surface area contributed by atoms with Gasteiger partial charge in [-0.1, -0.05) is 13.8 Å². The molecule has 7 unspecified atom stereocenters. The van der Waals surface area contributed by atoms with Crippen LogP contribution in [0, 0.1) is 34.5 Å². The molecule has 1 heterocycles. The average molecular weight is 358 g/mol. The molecule has 128 valence electrons. The van der Waals surface area contributed by atoms with Crippen LogP contribution in [0.5, 0.6) is 0 Å². The Balaban J connectivity index is 0.00000169. The average Bonchev–Trinajstić information content (AvgIpc) is 2.85. The Bertz CT molecular complexity index is 553. The largest absolute Gasteiger partial charge is 1.00 e. The van der Waals surface area contributed by atoms with Gasteiger partial charge in [0.05, 0.1) is 0 Å². The number of rotatable bonds is 1. The second-order valence-corrected chi connectivity index (χ2v) is 9.07. The second kappa shape index (κ2) is 6.63. The quantitative estimate of drug-likeness (QED) is 0.604. The maximum absolute atomic E-state index is 11.8. The van der Waals surface area contributed by atoms with Gasteiger partial charge in [-0.15, -0.1) is 0 Å². The molecular formula is C19H28KNO3. The minimum atomic E-state index is -0.835. The van der Waals surface area contributed by atoms with Crippen molar-refractivity contribution < 1.29 is 66.1 Å². The first-order valence-corrected chi connectivity index (χ1v) is 9.36. The van der Waals surface area contributed by atoms with E-state index in [-0.39, 0.29) is 74.0 Å². The summed E-state index contributed by atoms with van der Waals surface area (Å²) in [7, 11) is 0. The number of carboxylic acids is 1. The summed E-state index contributed by atoms with van der Waals surface area (Å²) in [4.78, 5) is 23.4. The number of hydrogen-bond donors (Lipinski definition) is 1. The topological polar surface area (TPSA) is 69.2 Å². The molecule has 5 heteroatoms. The van der Waals surface area contributed by atoms with Gasteiger partial charge in [0, 0.05) is 24.3 Å². The van der Waals surface area contributed by atoms with E-state index in [4.69, 9.17) is 0 Å². The maximum atomic E-state index is 11.8. The van der Waals surface area contributed by atoms with Crippen molar-refractivity contribution in [2.75, 3.05) is 0 Å². The van der Waals surface area contributed by atoms with Crippen molar-refractivity contribution in [1.82, 2.24) is 5.32 Å². The van der Waals surface area contributed by atoms with Crippen molar-refractivity contribution in [3.63, 3.8) is 0 Å². The van der Waals surface area contributed by atoms with Gasteiger partial charge >= 0.3 is 51.4 Å². The van der Waals surface area contributed by atoms with Gasteiger partial charge < -0.3 is 15.2 Å². The Morgan fingerprint density at radius 3 is 2.46 bits per heavy atom. The van der Waals surface area contributed by atoms with Crippen LogP contribution in [0.3, 0.4) is 0 Å². The van der Waals surface area contributed by atoms with Crippen LogP contribution >= 0.6 is 0 Å². The number of carbonyl (C=O) groups excluding carboxylic acids is 2. The van der Waals surface area contributed by atoms with Crippen molar-refractivity contribution >= 4 is 11.9 Å². The van der Waals surface area contributed by atoms with Gasteiger partial charge in [0.15, 0.2) is 0 Å². The molecule has 4 fully saturated rings. The maximum Gasteiger partial charge on any atom is 1.00 e. The Hall–Kier alpha value is 0.576. The minimum absolute atomic E-state index is 0. The van der Waals surface area contributed by atoms with E-state index in [0.29, 0.717) is 30.2 Å². The van der Waals surface area contributed by atoms with Gasteiger partial charge in [-0.25, -0.2) is 0 Å². The van der Waals surface area contributed by atoms with Crippen LogP contribution in [0.15, 0.2) is 0 Å². The molecule has 4 rings (SSSR count). The first-order valence-electron chi connectivity index (χ1n) is 9.36. The van der Waals surface area contributed by atoms with Crippen molar-refractivity contribution in [2.45, 2.75) is 71.3 Å². The molecule has 1 amide bonds. The summed E-state index contributed by atoms with van der Waals surface area (Å²) in [5.41, 5.74) is 0.138. The van der Waals surface area contributed by atoms with Gasteiger partial charge in [0.2, 0.25) is 5.91 Å². The zero-order valence-electron chi connectivity index (χ0n) is 15.3. The zero-order chi connectivity index (χ0) is 16.4. The molecule has 0 aromatic heterocycles. The molecule has 7 atom stereocenters. The molecule has 4 aliphatic rings. The number of carbonyl (C=O) groups is 2. The fourth-order valence-electron chi connectivity index (χ4n) is 7.09. The number of fused-ring (bicyclic) bond motifs is 5. The summed E-state index contributed by atoms with van der Waals surface area (Å²) in [5.74, 6) is 0.919. The molecule has 3 aliphatic carbocycles. The van der Waals surface area contributed by atoms with Crippen LogP contribution in [-0.2, 0) is 9.59 Å². The van der Waals surface area contributed by atoms with Gasteiger partial charge in [-0.2, -0.15) is 0 Å². The molecule has 1 aliphatic heterocycles. The summed E-state index contributed by atoms with van der Waals surface area (Å²) in [6.07, 6.45) is 7.82. The Labute approximate surface area is 187 Å². The number of hydrogen-bond acceptors (Lipinski definition) is 3. The Kier molecular flexibility index (Phi) is 5.34. The normalized spacial score (nSPS) is 49.9. The zero-order valence-corrected chi connectivity index (χ0v) is 18.4. The van der Waals surface area contributed by atoms with Crippen LogP contribution in [0.4, 0.5) is 0 Å². The van der Waals surface area contributed by atoms with Crippen LogP contribution in [-0.4, -0.2) is 17.9 Å². The van der Waals surface area contributed by atoms with E-state index < -0.39 is 5.97 Å². The first kappa shape index (κ1) is 19.3. The van der Waals surface area contributed by atoms with Crippen LogP contribution in [0.2, 0.25) is 0 Å². The van der Waals surface area contributed by atoms with Crippen molar-refractivity contribution in [2.24, 2.45) is 34.5 Å². The van der Waals surface area contributed by atoms with Gasteiger partial charge in [0.25, 0.3) is 0 Å². The molecule has 1 N–H and O–H groups in total. The van der Waals surface area contributed by atoms with Crippen molar-refractivity contribution in [3.8, 4) is 0 Å². The first-order chi connectivity index (χ1) is 10.9. The predicted octanol–water partition coefficient (Wildman–Crippen LogP) is -1.12. The molecule has 3 saturated carbocycles. The minimum Gasteiger partial charge on any atom is -0.550 e. The number of nitrogens with one attached hydrogen (secondary N) is 1. The second-order valence-electron chi connectivity index (χ2n) is 9.07. The van der Waals surface area contributed by atoms with E-state index in [1.807, 2.05) is 0 Å². The fraction of sp³-hybridized carbons (Fsp3) is 0.895. The predicted molar refractivity (Wildman–Crippen MR) is 84.0 cm³/mol. The molecule has 1 saturated heterocycles.